The number of fused-ring (bicyclic) bond motifs is 3. The van der Waals surface area contributed by atoms with Gasteiger partial charge in [-0.25, -0.2) is 13.6 Å². The number of carbonyl (C=O) groups is 1. The second-order valence-electron chi connectivity index (χ2n) is 8.46. The maximum atomic E-state index is 11.7. The molecule has 1 aliphatic rings. The van der Waals surface area contributed by atoms with Crippen LogP contribution in [0.5, 0.6) is 11.5 Å². The number of primary sulfonamides is 1. The normalized spacial score (nSPS) is 14.4. The molecule has 184 valence electrons. The third kappa shape index (κ3) is 5.83. The molecular formula is C27H29NO6S. The summed E-state index contributed by atoms with van der Waals surface area (Å²) >= 11 is 0. The van der Waals surface area contributed by atoms with Crippen molar-refractivity contribution in [2.75, 3.05) is 13.7 Å². The van der Waals surface area contributed by atoms with Gasteiger partial charge in [0, 0.05) is 12.0 Å². The Morgan fingerprint density at radius 3 is 2.49 bits per heavy atom. The highest BCUT2D eigenvalue weighted by atomic mass is 32.2. The van der Waals surface area contributed by atoms with Crippen LogP contribution < -0.4 is 14.6 Å². The van der Waals surface area contributed by atoms with Crippen LogP contribution in [0.4, 0.5) is 0 Å². The standard InChI is InChI=1S/C27H29NO6S/c1-3-33-25(29)9-4-6-18-10-13-20(14-11-18)27-22-16-19(17-35(28,30)31)12-15-21(22)26-23(32-2)7-5-8-24(26)34-27/h5,7-8,10-16,27H,3-4,6,9,17H2,1-2H3,(H2,28,30,31). The van der Waals surface area contributed by atoms with E-state index in [1.807, 2.05) is 54.6 Å². The van der Waals surface area contributed by atoms with E-state index in [-0.39, 0.29) is 11.7 Å². The van der Waals surface area contributed by atoms with Gasteiger partial charge in [-0.05, 0) is 54.2 Å². The lowest BCUT2D eigenvalue weighted by molar-refractivity contribution is -0.143. The average Bonchev–Trinajstić information content (AvgIpc) is 2.82. The van der Waals surface area contributed by atoms with Gasteiger partial charge in [-0.3, -0.25) is 4.79 Å². The Morgan fingerprint density at radius 1 is 1.06 bits per heavy atom. The van der Waals surface area contributed by atoms with Crippen molar-refractivity contribution in [3.63, 3.8) is 0 Å². The minimum atomic E-state index is -3.68. The Balaban J connectivity index is 1.65. The van der Waals surface area contributed by atoms with Crippen molar-refractivity contribution in [3.8, 4) is 22.6 Å². The molecule has 0 spiro atoms. The zero-order valence-corrected chi connectivity index (χ0v) is 20.6. The molecule has 0 fully saturated rings. The Kier molecular flexibility index (Phi) is 7.42. The summed E-state index contributed by atoms with van der Waals surface area (Å²) in [6.07, 6.45) is 1.43. The Bertz CT molecular complexity index is 1320. The number of carbonyl (C=O) groups excluding carboxylic acids is 1. The highest BCUT2D eigenvalue weighted by molar-refractivity contribution is 7.88. The van der Waals surface area contributed by atoms with Crippen LogP contribution in [-0.4, -0.2) is 28.1 Å². The van der Waals surface area contributed by atoms with Crippen molar-refractivity contribution in [1.82, 2.24) is 0 Å². The van der Waals surface area contributed by atoms with Crippen molar-refractivity contribution in [2.24, 2.45) is 5.14 Å². The lowest BCUT2D eigenvalue weighted by Crippen LogP contribution is -2.18. The van der Waals surface area contributed by atoms with Crippen LogP contribution in [0.15, 0.2) is 60.7 Å². The molecule has 1 aliphatic heterocycles. The van der Waals surface area contributed by atoms with E-state index >= 15 is 0 Å². The van der Waals surface area contributed by atoms with Crippen molar-refractivity contribution in [3.05, 3.63) is 82.9 Å². The fraction of sp³-hybridized carbons (Fsp3) is 0.296. The summed E-state index contributed by atoms with van der Waals surface area (Å²) < 4.78 is 40.4. The van der Waals surface area contributed by atoms with Gasteiger partial charge >= 0.3 is 5.97 Å². The molecule has 1 unspecified atom stereocenters. The first-order valence-electron chi connectivity index (χ1n) is 11.5. The molecule has 0 radical (unpaired) electrons. The summed E-state index contributed by atoms with van der Waals surface area (Å²) in [5.41, 5.74) is 5.23. The van der Waals surface area contributed by atoms with E-state index in [1.54, 1.807) is 20.1 Å². The summed E-state index contributed by atoms with van der Waals surface area (Å²) in [5, 5.41) is 5.30. The lowest BCUT2D eigenvalue weighted by atomic mass is 9.87. The first kappa shape index (κ1) is 24.8. The molecular weight excluding hydrogens is 466 g/mol. The van der Waals surface area contributed by atoms with E-state index in [0.29, 0.717) is 36.5 Å². The highest BCUT2D eigenvalue weighted by Crippen LogP contribution is 2.49. The number of benzene rings is 3. The van der Waals surface area contributed by atoms with Crippen molar-refractivity contribution in [2.45, 2.75) is 38.0 Å². The van der Waals surface area contributed by atoms with Gasteiger partial charge in [0.2, 0.25) is 10.0 Å². The number of hydrogen-bond acceptors (Lipinski definition) is 6. The SMILES string of the molecule is CCOC(=O)CCCc1ccc(C2Oc3cccc(OC)c3-c3ccc(CS(N)(=O)=O)cc32)cc1. The summed E-state index contributed by atoms with van der Waals surface area (Å²) in [5.74, 6) is 0.934. The van der Waals surface area contributed by atoms with Crippen molar-refractivity contribution in [1.29, 1.82) is 0 Å². The van der Waals surface area contributed by atoms with E-state index in [1.165, 1.54) is 0 Å². The molecule has 8 heteroatoms. The minimum absolute atomic E-state index is 0.180. The van der Waals surface area contributed by atoms with Gasteiger partial charge in [0.05, 0.1) is 25.0 Å². The quantitative estimate of drug-likeness (QED) is 0.438. The Hall–Kier alpha value is -3.36. The van der Waals surface area contributed by atoms with Gasteiger partial charge in [0.25, 0.3) is 0 Å². The van der Waals surface area contributed by atoms with E-state index in [2.05, 4.69) is 0 Å². The van der Waals surface area contributed by atoms with Crippen molar-refractivity contribution >= 4 is 16.0 Å². The van der Waals surface area contributed by atoms with Crippen LogP contribution in [-0.2, 0) is 31.7 Å². The van der Waals surface area contributed by atoms with Crippen LogP contribution in [0.25, 0.3) is 11.1 Å². The fourth-order valence-electron chi connectivity index (χ4n) is 4.39. The predicted molar refractivity (Wildman–Crippen MR) is 134 cm³/mol. The summed E-state index contributed by atoms with van der Waals surface area (Å²) in [6, 6.07) is 19.2. The molecule has 3 aromatic rings. The number of esters is 1. The summed E-state index contributed by atoms with van der Waals surface area (Å²) in [6.45, 7) is 2.19. The number of nitrogens with two attached hydrogens (primary N) is 1. The molecule has 0 saturated carbocycles. The first-order valence-corrected chi connectivity index (χ1v) is 13.2. The third-order valence-corrected chi connectivity index (χ3v) is 6.66. The number of ether oxygens (including phenoxy) is 3. The van der Waals surface area contributed by atoms with E-state index in [9.17, 15) is 13.2 Å². The number of rotatable bonds is 9. The summed E-state index contributed by atoms with van der Waals surface area (Å²) in [7, 11) is -2.07. The second kappa shape index (κ2) is 10.5. The molecule has 0 saturated heterocycles. The van der Waals surface area contributed by atoms with Crippen molar-refractivity contribution < 1.29 is 27.4 Å². The number of methoxy groups -OCH3 is 1. The Morgan fingerprint density at radius 2 is 1.80 bits per heavy atom. The summed E-state index contributed by atoms with van der Waals surface area (Å²) in [4.78, 5) is 11.6. The number of aryl methyl sites for hydroxylation is 1. The van der Waals surface area contributed by atoms with E-state index < -0.39 is 16.1 Å². The van der Waals surface area contributed by atoms with Crippen LogP contribution in [0.3, 0.4) is 0 Å². The maximum absolute atomic E-state index is 11.7. The average molecular weight is 496 g/mol. The predicted octanol–water partition coefficient (Wildman–Crippen LogP) is 4.52. The second-order valence-corrected chi connectivity index (χ2v) is 10.1. The molecule has 2 N–H and O–H groups in total. The van der Waals surface area contributed by atoms with Crippen LogP contribution in [0.1, 0.15) is 48.1 Å². The molecule has 1 heterocycles. The molecule has 0 aromatic heterocycles. The fourth-order valence-corrected chi connectivity index (χ4v) is 5.03. The third-order valence-electron chi connectivity index (χ3n) is 5.92. The van der Waals surface area contributed by atoms with Gasteiger partial charge in [0.15, 0.2) is 0 Å². The van der Waals surface area contributed by atoms with Crippen LogP contribution in [0.2, 0.25) is 0 Å². The molecule has 0 amide bonds. The first-order chi connectivity index (χ1) is 16.8. The molecule has 4 rings (SSSR count). The molecule has 0 bridgehead atoms. The van der Waals surface area contributed by atoms with Gasteiger partial charge in [-0.1, -0.05) is 48.5 Å². The van der Waals surface area contributed by atoms with E-state index in [4.69, 9.17) is 19.3 Å². The van der Waals surface area contributed by atoms with E-state index in [0.717, 1.165) is 34.2 Å². The van der Waals surface area contributed by atoms with Gasteiger partial charge in [0.1, 0.15) is 17.6 Å². The maximum Gasteiger partial charge on any atom is 0.305 e. The minimum Gasteiger partial charge on any atom is -0.496 e. The largest absolute Gasteiger partial charge is 0.496 e. The van der Waals surface area contributed by atoms with Crippen LogP contribution in [0, 0.1) is 0 Å². The molecule has 0 aliphatic carbocycles. The number of sulfonamides is 1. The molecule has 7 nitrogen and oxygen atoms in total. The lowest BCUT2D eigenvalue weighted by Gasteiger charge is -2.30. The molecule has 35 heavy (non-hydrogen) atoms. The molecule has 1 atom stereocenters. The van der Waals surface area contributed by atoms with Gasteiger partial charge in [-0.2, -0.15) is 0 Å². The number of hydrogen-bond donors (Lipinski definition) is 1. The monoisotopic (exact) mass is 495 g/mol. The zero-order valence-electron chi connectivity index (χ0n) is 19.8. The van der Waals surface area contributed by atoms with Gasteiger partial charge in [-0.15, -0.1) is 0 Å². The van der Waals surface area contributed by atoms with Gasteiger partial charge < -0.3 is 14.2 Å². The highest BCUT2D eigenvalue weighted by Gasteiger charge is 2.30. The zero-order chi connectivity index (χ0) is 25.0. The topological polar surface area (TPSA) is 105 Å². The van der Waals surface area contributed by atoms with Crippen LogP contribution >= 0.6 is 0 Å². The molecule has 3 aromatic carbocycles. The smallest absolute Gasteiger partial charge is 0.305 e. The Labute approximate surface area is 205 Å².